The summed E-state index contributed by atoms with van der Waals surface area (Å²) in [4.78, 5) is 0. The minimum atomic E-state index is 1.19. The topological polar surface area (TPSA) is 0 Å². The number of hydrogen-bond donors (Lipinski definition) is 0. The van der Waals surface area contributed by atoms with Gasteiger partial charge in [-0.3, -0.25) is 0 Å². The van der Waals surface area contributed by atoms with Crippen LogP contribution in [0.3, 0.4) is 0 Å². The lowest BCUT2D eigenvalue weighted by molar-refractivity contribution is 0.943. The van der Waals surface area contributed by atoms with Gasteiger partial charge in [-0.15, -0.1) is 0 Å². The Bertz CT molecular complexity index is 98.6. The molecule has 0 radical (unpaired) electrons. The Morgan fingerprint density at radius 2 is 1.50 bits per heavy atom. The van der Waals surface area contributed by atoms with E-state index in [9.17, 15) is 0 Å². The van der Waals surface area contributed by atoms with Crippen LogP contribution in [0.2, 0.25) is 0 Å². The van der Waals surface area contributed by atoms with Crippen molar-refractivity contribution in [2.45, 2.75) is 39.5 Å². The maximum Gasteiger partial charge on any atom is -0.0316 e. The molecule has 10 heavy (non-hydrogen) atoms. The summed E-state index contributed by atoms with van der Waals surface area (Å²) in [6.07, 6.45) is 13.7. The van der Waals surface area contributed by atoms with E-state index in [2.05, 4.69) is 38.2 Å². The average Bonchev–Trinajstić information content (AvgIpc) is 1.97. The van der Waals surface area contributed by atoms with Crippen molar-refractivity contribution >= 4 is 0 Å². The van der Waals surface area contributed by atoms with Crippen molar-refractivity contribution < 1.29 is 0 Å². The zero-order chi connectivity index (χ0) is 7.66. The van der Waals surface area contributed by atoms with E-state index < -0.39 is 0 Å². The van der Waals surface area contributed by atoms with Gasteiger partial charge in [0.25, 0.3) is 0 Å². The Labute approximate surface area is 64.6 Å². The summed E-state index contributed by atoms with van der Waals surface area (Å²) in [5.74, 6) is 0. The summed E-state index contributed by atoms with van der Waals surface area (Å²) >= 11 is 0. The van der Waals surface area contributed by atoms with Gasteiger partial charge in [0.1, 0.15) is 0 Å². The molecule has 0 aromatic rings. The van der Waals surface area contributed by atoms with Crippen molar-refractivity contribution in [2.24, 2.45) is 0 Å². The third-order valence-electron chi connectivity index (χ3n) is 1.36. The lowest BCUT2D eigenvalue weighted by Crippen LogP contribution is -1.65. The summed E-state index contributed by atoms with van der Waals surface area (Å²) in [6, 6.07) is 0. The van der Waals surface area contributed by atoms with Crippen molar-refractivity contribution in [1.29, 1.82) is 0 Å². The monoisotopic (exact) mass is 138 g/mol. The van der Waals surface area contributed by atoms with Crippen LogP contribution in [0.5, 0.6) is 0 Å². The van der Waals surface area contributed by atoms with Crippen LogP contribution in [0.4, 0.5) is 0 Å². The lowest BCUT2D eigenvalue weighted by Gasteiger charge is -1.85. The summed E-state index contributed by atoms with van der Waals surface area (Å²) in [5, 5.41) is 0. The molecule has 0 bridgehead atoms. The molecule has 0 rings (SSSR count). The molecule has 0 aromatic heterocycles. The van der Waals surface area contributed by atoms with Crippen LogP contribution in [-0.2, 0) is 0 Å². The van der Waals surface area contributed by atoms with Gasteiger partial charge in [-0.25, -0.2) is 0 Å². The first kappa shape index (κ1) is 9.48. The fourth-order valence-corrected chi connectivity index (χ4v) is 0.761. The van der Waals surface area contributed by atoms with Crippen molar-refractivity contribution in [3.63, 3.8) is 0 Å². The number of allylic oxidation sites excluding steroid dienone is 4. The van der Waals surface area contributed by atoms with E-state index in [4.69, 9.17) is 0 Å². The molecule has 58 valence electrons. The Morgan fingerprint density at radius 3 is 2.10 bits per heavy atom. The first-order valence-electron chi connectivity index (χ1n) is 4.18. The van der Waals surface area contributed by atoms with E-state index in [1.807, 2.05) is 0 Å². The molecule has 0 aromatic carbocycles. The number of unbranched alkanes of at least 4 members (excludes halogenated alkanes) is 2. The maximum absolute atomic E-state index is 2.27. The van der Waals surface area contributed by atoms with E-state index in [0.29, 0.717) is 0 Å². The van der Waals surface area contributed by atoms with Gasteiger partial charge in [0.15, 0.2) is 0 Å². The third kappa shape index (κ3) is 7.48. The van der Waals surface area contributed by atoms with Crippen molar-refractivity contribution in [2.75, 3.05) is 0 Å². The Balaban J connectivity index is 3.02. The minimum Gasteiger partial charge on any atom is -0.0917 e. The first-order valence-corrected chi connectivity index (χ1v) is 4.18. The molecule has 0 heteroatoms. The molecule has 0 atom stereocenters. The van der Waals surface area contributed by atoms with Gasteiger partial charge in [0.2, 0.25) is 0 Å². The molecular formula is C10H18. The Kier molecular flexibility index (Phi) is 8.04. The highest BCUT2D eigenvalue weighted by atomic mass is 13.8. The van der Waals surface area contributed by atoms with Crippen molar-refractivity contribution in [1.82, 2.24) is 0 Å². The van der Waals surface area contributed by atoms with Crippen molar-refractivity contribution in [3.8, 4) is 0 Å². The van der Waals surface area contributed by atoms with E-state index in [-0.39, 0.29) is 0 Å². The summed E-state index contributed by atoms with van der Waals surface area (Å²) < 4.78 is 0. The highest BCUT2D eigenvalue weighted by Crippen LogP contribution is 1.95. The molecular weight excluding hydrogens is 120 g/mol. The van der Waals surface area contributed by atoms with Gasteiger partial charge in [0.05, 0.1) is 0 Å². The number of rotatable bonds is 5. The van der Waals surface area contributed by atoms with Gasteiger partial charge < -0.3 is 0 Å². The predicted molar refractivity (Wildman–Crippen MR) is 48.1 cm³/mol. The molecule has 0 aliphatic rings. The fourth-order valence-electron chi connectivity index (χ4n) is 0.761. The second kappa shape index (κ2) is 8.48. The maximum atomic E-state index is 2.27. The molecule has 0 N–H and O–H groups in total. The van der Waals surface area contributed by atoms with Gasteiger partial charge in [0, 0.05) is 0 Å². The van der Waals surface area contributed by atoms with E-state index in [1.54, 1.807) is 0 Å². The molecule has 0 nitrogen and oxygen atoms in total. The van der Waals surface area contributed by atoms with Crippen molar-refractivity contribution in [3.05, 3.63) is 24.3 Å². The SMILES string of the molecule is C/C=C/CC/C=C/CCC. The summed E-state index contributed by atoms with van der Waals surface area (Å²) in [7, 11) is 0. The van der Waals surface area contributed by atoms with E-state index in [1.165, 1.54) is 25.7 Å². The van der Waals surface area contributed by atoms with Crippen LogP contribution in [0.15, 0.2) is 24.3 Å². The van der Waals surface area contributed by atoms with Gasteiger partial charge in [-0.05, 0) is 26.2 Å². The molecule has 0 saturated heterocycles. The van der Waals surface area contributed by atoms with Crippen LogP contribution in [0.25, 0.3) is 0 Å². The molecule has 0 aliphatic heterocycles. The van der Waals surface area contributed by atoms with Crippen LogP contribution in [-0.4, -0.2) is 0 Å². The second-order valence-corrected chi connectivity index (χ2v) is 2.41. The molecule has 0 heterocycles. The van der Waals surface area contributed by atoms with Gasteiger partial charge in [-0.1, -0.05) is 37.6 Å². The minimum absolute atomic E-state index is 1.19. The van der Waals surface area contributed by atoms with Crippen LogP contribution in [0, 0.1) is 0 Å². The van der Waals surface area contributed by atoms with Crippen LogP contribution >= 0.6 is 0 Å². The second-order valence-electron chi connectivity index (χ2n) is 2.41. The third-order valence-corrected chi connectivity index (χ3v) is 1.36. The molecule has 0 amide bonds. The predicted octanol–water partition coefficient (Wildman–Crippen LogP) is 3.70. The van der Waals surface area contributed by atoms with E-state index in [0.717, 1.165) is 0 Å². The van der Waals surface area contributed by atoms with Gasteiger partial charge in [-0.2, -0.15) is 0 Å². The Morgan fingerprint density at radius 1 is 0.900 bits per heavy atom. The lowest BCUT2D eigenvalue weighted by atomic mass is 10.2. The quantitative estimate of drug-likeness (QED) is 0.401. The van der Waals surface area contributed by atoms with E-state index >= 15 is 0 Å². The highest BCUT2D eigenvalue weighted by Gasteiger charge is 1.74. The Hall–Kier alpha value is -0.520. The molecule has 0 unspecified atom stereocenters. The zero-order valence-electron chi connectivity index (χ0n) is 7.14. The summed E-state index contributed by atoms with van der Waals surface area (Å²) in [5.41, 5.74) is 0. The first-order chi connectivity index (χ1) is 4.91. The highest BCUT2D eigenvalue weighted by molar-refractivity contribution is 4.86. The normalized spacial score (nSPS) is 11.8. The van der Waals surface area contributed by atoms with Crippen LogP contribution in [0.1, 0.15) is 39.5 Å². The average molecular weight is 138 g/mol. The molecule has 0 spiro atoms. The fraction of sp³-hybridized carbons (Fsp3) is 0.600. The number of hydrogen-bond acceptors (Lipinski definition) is 0. The van der Waals surface area contributed by atoms with Gasteiger partial charge >= 0.3 is 0 Å². The smallest absolute Gasteiger partial charge is 0.0316 e. The summed E-state index contributed by atoms with van der Waals surface area (Å²) in [6.45, 7) is 4.27. The molecule has 0 aliphatic carbocycles. The molecule has 0 saturated carbocycles. The standard InChI is InChI=1S/C10H18/c1-3-5-7-9-10-8-6-4-2/h3,5,8,10H,4,6-7,9H2,1-2H3/b5-3+,10-8+. The van der Waals surface area contributed by atoms with Crippen LogP contribution < -0.4 is 0 Å². The largest absolute Gasteiger partial charge is 0.0917 e. The zero-order valence-corrected chi connectivity index (χ0v) is 7.14. The molecule has 0 fully saturated rings.